The number of para-hydroxylation sites is 2. The zero-order chi connectivity index (χ0) is 22.7. The molecule has 0 radical (unpaired) electrons. The molecule has 0 bridgehead atoms. The maximum Gasteiger partial charge on any atom is 0.260 e. The summed E-state index contributed by atoms with van der Waals surface area (Å²) in [5.74, 6) is -0.137. The number of ketones is 1. The summed E-state index contributed by atoms with van der Waals surface area (Å²) in [7, 11) is 0. The quantitative estimate of drug-likeness (QED) is 0.374. The van der Waals surface area contributed by atoms with Crippen LogP contribution in [-0.2, 0) is 11.2 Å². The van der Waals surface area contributed by atoms with Crippen LogP contribution >= 0.6 is 15.9 Å². The minimum atomic E-state index is -1.03. The molecule has 32 heavy (non-hydrogen) atoms. The summed E-state index contributed by atoms with van der Waals surface area (Å²) in [6.07, 6.45) is 1.71. The smallest absolute Gasteiger partial charge is 0.260 e. The number of aliphatic hydroxyl groups excluding tert-OH is 1. The number of benzene rings is 3. The van der Waals surface area contributed by atoms with E-state index in [1.807, 2.05) is 66.9 Å². The van der Waals surface area contributed by atoms with E-state index in [1.54, 1.807) is 17.9 Å². The van der Waals surface area contributed by atoms with Gasteiger partial charge < -0.3 is 15.0 Å². The standard InChI is InChI=1S/C18H16N2O2.C8H7BrO/c21-17-14-6-2-4-8-16(14)20(18(17)22)10-9-12-11-19-15-7-3-1-5-13(12)15;1-6(10)7-3-2-4-8(9)5-7/h1-8,11,17,19,21H,9-10H2;2-5H,1H3. The Morgan fingerprint density at radius 2 is 1.81 bits per heavy atom. The van der Waals surface area contributed by atoms with Gasteiger partial charge in [-0.1, -0.05) is 64.5 Å². The van der Waals surface area contributed by atoms with Crippen molar-refractivity contribution in [3.05, 3.63) is 100 Å². The number of fused-ring (bicyclic) bond motifs is 2. The highest BCUT2D eigenvalue weighted by atomic mass is 79.9. The normalized spacial score (nSPS) is 14.8. The molecule has 1 atom stereocenters. The number of aromatic nitrogens is 1. The van der Waals surface area contributed by atoms with E-state index in [1.165, 1.54) is 10.9 Å². The first-order valence-corrected chi connectivity index (χ1v) is 11.1. The predicted octanol–water partition coefficient (Wildman–Crippen LogP) is 5.44. The van der Waals surface area contributed by atoms with Crippen molar-refractivity contribution in [2.45, 2.75) is 19.4 Å². The van der Waals surface area contributed by atoms with Crippen LogP contribution < -0.4 is 4.90 Å². The molecular formula is C26H23BrN2O3. The molecule has 0 spiro atoms. The summed E-state index contributed by atoms with van der Waals surface area (Å²) in [6, 6.07) is 22.9. The van der Waals surface area contributed by atoms with Crippen molar-refractivity contribution in [3.63, 3.8) is 0 Å². The molecule has 5 rings (SSSR count). The van der Waals surface area contributed by atoms with Crippen molar-refractivity contribution >= 4 is 44.2 Å². The van der Waals surface area contributed by atoms with Gasteiger partial charge in [0.2, 0.25) is 0 Å². The van der Waals surface area contributed by atoms with Crippen molar-refractivity contribution in [2.24, 2.45) is 0 Å². The lowest BCUT2D eigenvalue weighted by Crippen LogP contribution is -2.30. The van der Waals surface area contributed by atoms with Gasteiger partial charge in [-0.3, -0.25) is 9.59 Å². The third kappa shape index (κ3) is 4.52. The van der Waals surface area contributed by atoms with E-state index in [0.717, 1.165) is 27.7 Å². The molecule has 3 aromatic carbocycles. The van der Waals surface area contributed by atoms with Crippen LogP contribution in [0.1, 0.15) is 34.5 Å². The van der Waals surface area contributed by atoms with Crippen molar-refractivity contribution < 1.29 is 14.7 Å². The van der Waals surface area contributed by atoms with Gasteiger partial charge in [0.25, 0.3) is 5.91 Å². The van der Waals surface area contributed by atoms with Gasteiger partial charge in [0, 0.05) is 39.2 Å². The van der Waals surface area contributed by atoms with E-state index in [4.69, 9.17) is 0 Å². The molecule has 162 valence electrons. The summed E-state index contributed by atoms with van der Waals surface area (Å²) < 4.78 is 0.945. The van der Waals surface area contributed by atoms with Crippen molar-refractivity contribution in [1.82, 2.24) is 4.98 Å². The fourth-order valence-electron chi connectivity index (χ4n) is 3.87. The van der Waals surface area contributed by atoms with Gasteiger partial charge in [0.05, 0.1) is 5.69 Å². The highest BCUT2D eigenvalue weighted by Gasteiger charge is 2.35. The number of carbonyl (C=O) groups is 2. The molecule has 1 amide bonds. The van der Waals surface area contributed by atoms with Crippen molar-refractivity contribution in [3.8, 4) is 0 Å². The fourth-order valence-corrected chi connectivity index (χ4v) is 4.27. The Kier molecular flexibility index (Phi) is 6.53. The lowest BCUT2D eigenvalue weighted by molar-refractivity contribution is -0.125. The van der Waals surface area contributed by atoms with Crippen LogP contribution in [0.3, 0.4) is 0 Å². The Morgan fingerprint density at radius 1 is 1.06 bits per heavy atom. The van der Waals surface area contributed by atoms with E-state index in [9.17, 15) is 14.7 Å². The van der Waals surface area contributed by atoms with E-state index >= 15 is 0 Å². The molecule has 2 heterocycles. The summed E-state index contributed by atoms with van der Waals surface area (Å²) in [4.78, 5) is 28.0. The molecule has 0 saturated carbocycles. The van der Waals surface area contributed by atoms with E-state index in [-0.39, 0.29) is 11.7 Å². The second-order valence-corrected chi connectivity index (χ2v) is 8.54. The summed E-state index contributed by atoms with van der Waals surface area (Å²) >= 11 is 3.28. The lowest BCUT2D eigenvalue weighted by atomic mass is 10.1. The number of Topliss-reactive ketones (excluding diaryl/α,β-unsaturated/α-hetero) is 1. The second-order valence-electron chi connectivity index (χ2n) is 7.63. The number of carbonyl (C=O) groups excluding carboxylic acids is 2. The Labute approximate surface area is 194 Å². The van der Waals surface area contributed by atoms with E-state index in [2.05, 4.69) is 27.0 Å². The number of nitrogens with zero attached hydrogens (tertiary/aromatic N) is 1. The minimum Gasteiger partial charge on any atom is -0.378 e. The van der Waals surface area contributed by atoms with Crippen LogP contribution in [0.5, 0.6) is 0 Å². The maximum atomic E-state index is 12.3. The molecule has 2 N–H and O–H groups in total. The molecule has 5 nitrogen and oxygen atoms in total. The van der Waals surface area contributed by atoms with Crippen LogP contribution in [0.4, 0.5) is 5.69 Å². The number of rotatable bonds is 4. The van der Waals surface area contributed by atoms with Gasteiger partial charge in [0.15, 0.2) is 11.9 Å². The number of hydrogen-bond acceptors (Lipinski definition) is 3. The SMILES string of the molecule is CC(=O)c1cccc(Br)c1.O=C1C(O)c2ccccc2N1CCc1c[nH]c2ccccc12. The summed E-state index contributed by atoms with van der Waals surface area (Å²) in [5.41, 5.74) is 4.55. The van der Waals surface area contributed by atoms with Crippen LogP contribution in [0.2, 0.25) is 0 Å². The van der Waals surface area contributed by atoms with Gasteiger partial charge in [-0.25, -0.2) is 0 Å². The molecule has 0 saturated heterocycles. The van der Waals surface area contributed by atoms with Gasteiger partial charge in [-0.15, -0.1) is 0 Å². The number of hydrogen-bond donors (Lipinski definition) is 2. The highest BCUT2D eigenvalue weighted by molar-refractivity contribution is 9.10. The summed E-state index contributed by atoms with van der Waals surface area (Å²) in [5, 5.41) is 11.2. The number of H-pyrrole nitrogens is 1. The Morgan fingerprint density at radius 3 is 2.56 bits per heavy atom. The van der Waals surface area contributed by atoms with Crippen LogP contribution in [0.25, 0.3) is 10.9 Å². The van der Waals surface area contributed by atoms with Crippen molar-refractivity contribution in [1.29, 1.82) is 0 Å². The molecule has 1 unspecified atom stereocenters. The number of halogens is 1. The zero-order valence-electron chi connectivity index (χ0n) is 17.6. The predicted molar refractivity (Wildman–Crippen MR) is 130 cm³/mol. The molecule has 0 fully saturated rings. The fraction of sp³-hybridized carbons (Fsp3) is 0.154. The first-order chi connectivity index (χ1) is 15.5. The maximum absolute atomic E-state index is 12.3. The van der Waals surface area contributed by atoms with Gasteiger partial charge in [-0.05, 0) is 43.2 Å². The van der Waals surface area contributed by atoms with Gasteiger partial charge >= 0.3 is 0 Å². The lowest BCUT2D eigenvalue weighted by Gasteiger charge is -2.17. The van der Waals surface area contributed by atoms with Gasteiger partial charge in [0.1, 0.15) is 0 Å². The Balaban J connectivity index is 0.000000207. The van der Waals surface area contributed by atoms with Gasteiger partial charge in [-0.2, -0.15) is 0 Å². The molecule has 1 aliphatic rings. The average Bonchev–Trinajstić information content (AvgIpc) is 3.32. The number of anilines is 1. The third-order valence-corrected chi connectivity index (χ3v) is 6.03. The Bertz CT molecular complexity index is 1280. The second kappa shape index (κ2) is 9.51. The highest BCUT2D eigenvalue weighted by Crippen LogP contribution is 2.35. The third-order valence-electron chi connectivity index (χ3n) is 5.53. The van der Waals surface area contributed by atoms with E-state index < -0.39 is 6.10 Å². The largest absolute Gasteiger partial charge is 0.378 e. The average molecular weight is 491 g/mol. The van der Waals surface area contributed by atoms with Crippen LogP contribution in [0.15, 0.2) is 83.5 Å². The molecule has 6 heteroatoms. The minimum absolute atomic E-state index is 0.0984. The topological polar surface area (TPSA) is 73.4 Å². The monoisotopic (exact) mass is 490 g/mol. The van der Waals surface area contributed by atoms with E-state index in [0.29, 0.717) is 12.1 Å². The Hall–Kier alpha value is -3.22. The number of aromatic amines is 1. The molecule has 0 aliphatic carbocycles. The molecule has 4 aromatic rings. The number of nitrogens with one attached hydrogen (secondary N) is 1. The zero-order valence-corrected chi connectivity index (χ0v) is 19.2. The molecule has 1 aromatic heterocycles. The van der Waals surface area contributed by atoms with Crippen molar-refractivity contribution in [2.75, 3.05) is 11.4 Å². The van der Waals surface area contributed by atoms with Crippen LogP contribution in [-0.4, -0.2) is 28.3 Å². The van der Waals surface area contributed by atoms with Crippen LogP contribution in [0, 0.1) is 0 Å². The molecule has 1 aliphatic heterocycles. The first-order valence-electron chi connectivity index (χ1n) is 10.4. The number of amides is 1. The number of aliphatic hydroxyl groups is 1. The first kappa shape index (κ1) is 22.0. The summed E-state index contributed by atoms with van der Waals surface area (Å²) in [6.45, 7) is 2.12. The molecular weight excluding hydrogens is 468 g/mol.